The molecule has 4 amide bonds. The molecule has 4 rings (SSSR count). The molecule has 1 aromatic heterocycles. The molecule has 2 aliphatic rings. The summed E-state index contributed by atoms with van der Waals surface area (Å²) in [5, 5.41) is 9.83. The van der Waals surface area contributed by atoms with E-state index in [1.807, 2.05) is 31.2 Å². The molecule has 152 valence electrons. The van der Waals surface area contributed by atoms with Gasteiger partial charge < -0.3 is 10.6 Å². The summed E-state index contributed by atoms with van der Waals surface area (Å²) in [4.78, 5) is 42.3. The first-order valence-corrected chi connectivity index (χ1v) is 9.87. The third-order valence-electron chi connectivity index (χ3n) is 5.72. The minimum absolute atomic E-state index is 0.0800. The van der Waals surface area contributed by atoms with Gasteiger partial charge in [0.25, 0.3) is 5.91 Å². The zero-order valence-electron chi connectivity index (χ0n) is 16.3. The molecule has 29 heavy (non-hydrogen) atoms. The van der Waals surface area contributed by atoms with Crippen LogP contribution in [0.4, 0.5) is 4.79 Å². The lowest BCUT2D eigenvalue weighted by Crippen LogP contribution is -2.44. The van der Waals surface area contributed by atoms with E-state index in [0.717, 1.165) is 24.1 Å². The van der Waals surface area contributed by atoms with E-state index in [9.17, 15) is 14.4 Å². The smallest absolute Gasteiger partial charge is 0.325 e. The highest BCUT2D eigenvalue weighted by atomic mass is 16.2. The van der Waals surface area contributed by atoms with E-state index in [1.54, 1.807) is 11.0 Å². The first-order valence-electron chi connectivity index (χ1n) is 9.87. The maximum Gasteiger partial charge on any atom is 0.325 e. The topological polar surface area (TPSA) is 109 Å². The Bertz CT molecular complexity index is 903. The lowest BCUT2D eigenvalue weighted by Gasteiger charge is -2.20. The van der Waals surface area contributed by atoms with Gasteiger partial charge in [0.05, 0.1) is 11.7 Å². The molecule has 2 heterocycles. The number of nitrogens with one attached hydrogen (secondary N) is 2. The SMILES string of the molecule is CC(NC(=O)CCN1C(=O)NC2(CCCC2)C1=O)c1ccc(-n2cncn2)cc1. The summed E-state index contributed by atoms with van der Waals surface area (Å²) >= 11 is 0. The average Bonchev–Trinajstić information content (AvgIpc) is 3.44. The third kappa shape index (κ3) is 3.72. The standard InChI is InChI=1S/C20H24N6O3/c1-14(15-4-6-16(7-5-15)26-13-21-12-22-26)23-17(27)8-11-25-18(28)20(24-19(25)29)9-2-3-10-20/h4-7,12-14H,2-3,8-11H2,1H3,(H,23,27)(H,24,29). The Morgan fingerprint density at radius 2 is 1.97 bits per heavy atom. The largest absolute Gasteiger partial charge is 0.350 e. The van der Waals surface area contributed by atoms with Gasteiger partial charge >= 0.3 is 6.03 Å². The Labute approximate surface area is 168 Å². The van der Waals surface area contributed by atoms with Crippen molar-refractivity contribution in [1.29, 1.82) is 0 Å². The van der Waals surface area contributed by atoms with Crippen LogP contribution in [-0.2, 0) is 9.59 Å². The van der Waals surface area contributed by atoms with Crippen LogP contribution in [0, 0.1) is 0 Å². The van der Waals surface area contributed by atoms with E-state index in [0.29, 0.717) is 12.8 Å². The van der Waals surface area contributed by atoms with Gasteiger partial charge in [0.15, 0.2) is 0 Å². The minimum Gasteiger partial charge on any atom is -0.350 e. The van der Waals surface area contributed by atoms with Gasteiger partial charge in [-0.3, -0.25) is 14.5 Å². The minimum atomic E-state index is -0.729. The summed E-state index contributed by atoms with van der Waals surface area (Å²) in [7, 11) is 0. The van der Waals surface area contributed by atoms with Gasteiger partial charge in [0.1, 0.15) is 18.2 Å². The number of aromatic nitrogens is 3. The number of nitrogens with zero attached hydrogens (tertiary/aromatic N) is 4. The number of urea groups is 1. The number of imide groups is 1. The van der Waals surface area contributed by atoms with Crippen LogP contribution in [0.25, 0.3) is 5.69 Å². The van der Waals surface area contributed by atoms with Gasteiger partial charge in [-0.15, -0.1) is 0 Å². The zero-order valence-corrected chi connectivity index (χ0v) is 16.3. The van der Waals surface area contributed by atoms with Crippen molar-refractivity contribution in [3.05, 3.63) is 42.5 Å². The molecule has 1 aromatic carbocycles. The second-order valence-electron chi connectivity index (χ2n) is 7.65. The highest BCUT2D eigenvalue weighted by Crippen LogP contribution is 2.35. The van der Waals surface area contributed by atoms with Crippen molar-refractivity contribution in [2.45, 2.75) is 50.6 Å². The highest BCUT2D eigenvalue weighted by molar-refractivity contribution is 6.07. The molecular weight excluding hydrogens is 372 g/mol. The molecule has 1 saturated carbocycles. The van der Waals surface area contributed by atoms with Gasteiger partial charge in [-0.2, -0.15) is 5.10 Å². The second kappa shape index (κ2) is 7.65. The van der Waals surface area contributed by atoms with Crippen molar-refractivity contribution < 1.29 is 14.4 Å². The van der Waals surface area contributed by atoms with Crippen LogP contribution < -0.4 is 10.6 Å². The molecule has 1 spiro atoms. The van der Waals surface area contributed by atoms with E-state index in [2.05, 4.69) is 20.7 Å². The molecule has 1 aliphatic heterocycles. The van der Waals surface area contributed by atoms with E-state index >= 15 is 0 Å². The van der Waals surface area contributed by atoms with E-state index < -0.39 is 5.54 Å². The molecule has 2 N–H and O–H groups in total. The third-order valence-corrected chi connectivity index (χ3v) is 5.72. The van der Waals surface area contributed by atoms with E-state index in [4.69, 9.17) is 0 Å². The lowest BCUT2D eigenvalue weighted by atomic mass is 9.98. The molecule has 1 unspecified atom stereocenters. The van der Waals surface area contributed by atoms with Crippen LogP contribution in [0.3, 0.4) is 0 Å². The average molecular weight is 396 g/mol. The van der Waals surface area contributed by atoms with Crippen LogP contribution >= 0.6 is 0 Å². The van der Waals surface area contributed by atoms with Gasteiger partial charge in [-0.05, 0) is 37.5 Å². The monoisotopic (exact) mass is 396 g/mol. The summed E-state index contributed by atoms with van der Waals surface area (Å²) in [6, 6.07) is 7.06. The van der Waals surface area contributed by atoms with Crippen molar-refractivity contribution in [2.75, 3.05) is 6.54 Å². The van der Waals surface area contributed by atoms with Crippen molar-refractivity contribution in [1.82, 2.24) is 30.3 Å². The quantitative estimate of drug-likeness (QED) is 0.723. The Morgan fingerprint density at radius 1 is 1.24 bits per heavy atom. The van der Waals surface area contributed by atoms with Crippen molar-refractivity contribution in [3.63, 3.8) is 0 Å². The number of hydrogen-bond donors (Lipinski definition) is 2. The number of amides is 4. The Morgan fingerprint density at radius 3 is 2.62 bits per heavy atom. The van der Waals surface area contributed by atoms with Crippen LogP contribution in [0.1, 0.15) is 50.6 Å². The van der Waals surface area contributed by atoms with Gasteiger partial charge in [-0.25, -0.2) is 14.5 Å². The number of benzene rings is 1. The van der Waals surface area contributed by atoms with Crippen molar-refractivity contribution in [3.8, 4) is 5.69 Å². The number of hydrogen-bond acceptors (Lipinski definition) is 5. The lowest BCUT2D eigenvalue weighted by molar-refractivity contribution is -0.131. The first kappa shape index (κ1) is 19.1. The van der Waals surface area contributed by atoms with Gasteiger partial charge in [0, 0.05) is 13.0 Å². The number of carbonyl (C=O) groups is 3. The Hall–Kier alpha value is -3.23. The molecule has 0 bridgehead atoms. The van der Waals surface area contributed by atoms with E-state index in [1.165, 1.54) is 11.2 Å². The number of carbonyl (C=O) groups excluding carboxylic acids is 3. The van der Waals surface area contributed by atoms with Crippen molar-refractivity contribution in [2.24, 2.45) is 0 Å². The molecule has 1 aliphatic carbocycles. The fourth-order valence-electron chi connectivity index (χ4n) is 4.06. The van der Waals surface area contributed by atoms with Crippen LogP contribution in [0.2, 0.25) is 0 Å². The molecule has 1 atom stereocenters. The van der Waals surface area contributed by atoms with Crippen LogP contribution in [-0.4, -0.2) is 49.6 Å². The molecule has 2 aromatic rings. The highest BCUT2D eigenvalue weighted by Gasteiger charge is 2.52. The van der Waals surface area contributed by atoms with Crippen LogP contribution in [0.15, 0.2) is 36.9 Å². The maximum atomic E-state index is 12.6. The summed E-state index contributed by atoms with van der Waals surface area (Å²) < 4.78 is 1.66. The first-order chi connectivity index (χ1) is 14.0. The van der Waals surface area contributed by atoms with Gasteiger partial charge in [-0.1, -0.05) is 25.0 Å². The summed E-state index contributed by atoms with van der Waals surface area (Å²) in [6.45, 7) is 1.99. The Kier molecular flexibility index (Phi) is 5.04. The predicted octanol–water partition coefficient (Wildman–Crippen LogP) is 1.70. The zero-order chi connectivity index (χ0) is 20.4. The number of rotatable bonds is 6. The summed E-state index contributed by atoms with van der Waals surface area (Å²) in [6.07, 6.45) is 6.41. The van der Waals surface area contributed by atoms with Gasteiger partial charge in [0.2, 0.25) is 5.91 Å². The molecular formula is C20H24N6O3. The normalized spacial score (nSPS) is 18.9. The summed E-state index contributed by atoms with van der Waals surface area (Å²) in [5.41, 5.74) is 1.10. The fraction of sp³-hybridized carbons (Fsp3) is 0.450. The molecule has 9 heteroatoms. The van der Waals surface area contributed by atoms with Crippen molar-refractivity contribution >= 4 is 17.8 Å². The van der Waals surface area contributed by atoms with Crippen LogP contribution in [0.5, 0.6) is 0 Å². The maximum absolute atomic E-state index is 12.6. The second-order valence-corrected chi connectivity index (χ2v) is 7.65. The molecule has 9 nitrogen and oxygen atoms in total. The molecule has 2 fully saturated rings. The summed E-state index contributed by atoms with van der Waals surface area (Å²) in [5.74, 6) is -0.393. The Balaban J connectivity index is 1.30. The molecule has 0 radical (unpaired) electrons. The fourth-order valence-corrected chi connectivity index (χ4v) is 4.06. The molecule has 1 saturated heterocycles. The predicted molar refractivity (Wildman–Crippen MR) is 104 cm³/mol. The van der Waals surface area contributed by atoms with E-state index in [-0.39, 0.29) is 36.9 Å².